The Morgan fingerprint density at radius 3 is 2.38 bits per heavy atom. The van der Waals surface area contributed by atoms with Gasteiger partial charge in [0.2, 0.25) is 0 Å². The molecule has 162 valence electrons. The van der Waals surface area contributed by atoms with E-state index in [0.717, 1.165) is 5.56 Å². The summed E-state index contributed by atoms with van der Waals surface area (Å²) < 4.78 is 35.7. The molecule has 32 heavy (non-hydrogen) atoms. The fourth-order valence-electron chi connectivity index (χ4n) is 3.77. The summed E-state index contributed by atoms with van der Waals surface area (Å²) >= 11 is 0. The summed E-state index contributed by atoms with van der Waals surface area (Å²) in [7, 11) is 0. The van der Waals surface area contributed by atoms with Gasteiger partial charge in [-0.25, -0.2) is 18.6 Å². The predicted molar refractivity (Wildman–Crippen MR) is 119 cm³/mol. The van der Waals surface area contributed by atoms with Gasteiger partial charge in [-0.15, -0.1) is 0 Å². The van der Waals surface area contributed by atoms with Crippen LogP contribution in [-0.2, 0) is 15.1 Å². The summed E-state index contributed by atoms with van der Waals surface area (Å²) in [5.41, 5.74) is 0.809. The number of aromatic nitrogens is 2. The number of rotatable bonds is 6. The zero-order chi connectivity index (χ0) is 22.7. The first-order valence-corrected chi connectivity index (χ1v) is 10.3. The van der Waals surface area contributed by atoms with Crippen molar-refractivity contribution in [2.24, 2.45) is 0 Å². The Morgan fingerprint density at radius 2 is 1.72 bits per heavy atom. The molecule has 0 saturated heterocycles. The van der Waals surface area contributed by atoms with E-state index in [1.807, 2.05) is 30.3 Å². The van der Waals surface area contributed by atoms with Gasteiger partial charge in [-0.05, 0) is 55.3 Å². The van der Waals surface area contributed by atoms with E-state index >= 15 is 4.39 Å². The number of halogens is 2. The molecule has 0 fully saturated rings. The summed E-state index contributed by atoms with van der Waals surface area (Å²) in [5, 5.41) is 0. The average molecular weight is 432 g/mol. The molecule has 0 saturated carbocycles. The largest absolute Gasteiger partial charge is 0.464 e. The van der Waals surface area contributed by atoms with Crippen LogP contribution < -0.4 is 0 Å². The van der Waals surface area contributed by atoms with Crippen molar-refractivity contribution < 1.29 is 18.3 Å². The van der Waals surface area contributed by atoms with Crippen molar-refractivity contribution in [3.8, 4) is 22.5 Å². The van der Waals surface area contributed by atoms with E-state index in [9.17, 15) is 9.18 Å². The number of benzene rings is 3. The van der Waals surface area contributed by atoms with Crippen molar-refractivity contribution in [2.45, 2.75) is 19.4 Å². The Kier molecular flexibility index (Phi) is 5.86. The molecule has 4 rings (SSSR count). The van der Waals surface area contributed by atoms with E-state index in [4.69, 9.17) is 4.74 Å². The van der Waals surface area contributed by atoms with Crippen LogP contribution >= 0.6 is 0 Å². The Morgan fingerprint density at radius 1 is 1.00 bits per heavy atom. The lowest BCUT2D eigenvalue weighted by molar-refractivity contribution is -0.150. The Bertz CT molecular complexity index is 1240. The first-order chi connectivity index (χ1) is 15.4. The van der Waals surface area contributed by atoms with E-state index in [1.165, 1.54) is 18.2 Å². The van der Waals surface area contributed by atoms with Crippen LogP contribution in [0.5, 0.6) is 0 Å². The monoisotopic (exact) mass is 432 g/mol. The maximum atomic E-state index is 15.2. The van der Waals surface area contributed by atoms with Crippen molar-refractivity contribution in [2.75, 3.05) is 6.61 Å². The van der Waals surface area contributed by atoms with Gasteiger partial charge in [0, 0.05) is 23.5 Å². The molecule has 0 radical (unpaired) electrons. The number of carbonyl (C=O) groups excluding carboxylic acids is 1. The number of nitrogens with zero attached hydrogens (tertiary/aromatic N) is 2. The summed E-state index contributed by atoms with van der Waals surface area (Å²) in [6, 6.07) is 19.7. The number of imidazole rings is 1. The summed E-state index contributed by atoms with van der Waals surface area (Å²) in [6.07, 6.45) is 3.18. The van der Waals surface area contributed by atoms with E-state index < -0.39 is 17.3 Å². The second kappa shape index (κ2) is 8.75. The van der Waals surface area contributed by atoms with Crippen LogP contribution in [-0.4, -0.2) is 22.1 Å². The van der Waals surface area contributed by atoms with E-state index in [-0.39, 0.29) is 12.4 Å². The Labute approximate surface area is 185 Å². The van der Waals surface area contributed by atoms with Gasteiger partial charge in [-0.1, -0.05) is 42.5 Å². The van der Waals surface area contributed by atoms with E-state index in [0.29, 0.717) is 22.5 Å². The molecule has 1 aromatic heterocycles. The summed E-state index contributed by atoms with van der Waals surface area (Å²) in [5.74, 6) is -0.937. The lowest BCUT2D eigenvalue weighted by Gasteiger charge is -2.31. The fraction of sp³-hybridized carbons (Fsp3) is 0.154. The van der Waals surface area contributed by atoms with Gasteiger partial charge in [0.15, 0.2) is 5.54 Å². The number of esters is 1. The molecule has 0 aliphatic rings. The smallest absolute Gasteiger partial charge is 0.336 e. The quantitative estimate of drug-likeness (QED) is 0.361. The molecule has 0 N–H and O–H groups in total. The van der Waals surface area contributed by atoms with Crippen LogP contribution in [0.4, 0.5) is 8.78 Å². The Balaban J connectivity index is 1.86. The predicted octanol–water partition coefficient (Wildman–Crippen LogP) is 5.82. The van der Waals surface area contributed by atoms with E-state index in [2.05, 4.69) is 4.98 Å². The van der Waals surface area contributed by atoms with Gasteiger partial charge >= 0.3 is 5.97 Å². The lowest BCUT2D eigenvalue weighted by Crippen LogP contribution is -2.41. The minimum Gasteiger partial charge on any atom is -0.464 e. The first kappa shape index (κ1) is 21.4. The molecule has 3 aromatic carbocycles. The molecule has 1 atom stereocenters. The maximum Gasteiger partial charge on any atom is 0.336 e. The van der Waals surface area contributed by atoms with Gasteiger partial charge in [0.25, 0.3) is 0 Å². The Hall–Kier alpha value is -3.80. The zero-order valence-electron chi connectivity index (χ0n) is 17.8. The standard InChI is InChI=1S/C26H22F2N2O2/c1-3-32-25(31)26(2,30-16-15-29-24(30)19-9-12-21(27)13-10-19)20-11-14-22(23(28)17-20)18-7-5-4-6-8-18/h4-17H,3H2,1-2H3. The average Bonchev–Trinajstić information content (AvgIpc) is 3.30. The highest BCUT2D eigenvalue weighted by Gasteiger charge is 2.41. The van der Waals surface area contributed by atoms with Gasteiger partial charge in [0.05, 0.1) is 6.61 Å². The third-order valence-corrected chi connectivity index (χ3v) is 5.51. The summed E-state index contributed by atoms with van der Waals surface area (Å²) in [6.45, 7) is 3.54. The normalized spacial score (nSPS) is 12.9. The third-order valence-electron chi connectivity index (χ3n) is 5.51. The second-order valence-corrected chi connectivity index (χ2v) is 7.48. The molecule has 0 amide bonds. The minimum atomic E-state index is -1.40. The van der Waals surface area contributed by atoms with Gasteiger partial charge in [-0.3, -0.25) is 0 Å². The van der Waals surface area contributed by atoms with Crippen molar-refractivity contribution in [3.05, 3.63) is 102 Å². The van der Waals surface area contributed by atoms with Crippen LogP contribution in [0, 0.1) is 11.6 Å². The highest BCUT2D eigenvalue weighted by molar-refractivity contribution is 5.84. The topological polar surface area (TPSA) is 44.1 Å². The van der Waals surface area contributed by atoms with E-state index in [1.54, 1.807) is 55.1 Å². The molecular formula is C26H22F2N2O2. The van der Waals surface area contributed by atoms with Crippen LogP contribution in [0.15, 0.2) is 85.2 Å². The molecular weight excluding hydrogens is 410 g/mol. The molecule has 6 heteroatoms. The third kappa shape index (κ3) is 3.80. The molecule has 4 nitrogen and oxygen atoms in total. The SMILES string of the molecule is CCOC(=O)C(C)(c1ccc(-c2ccccc2)c(F)c1)n1ccnc1-c1ccc(F)cc1. The molecule has 0 bridgehead atoms. The minimum absolute atomic E-state index is 0.166. The molecule has 0 aliphatic heterocycles. The molecule has 1 unspecified atom stereocenters. The van der Waals surface area contributed by atoms with Crippen molar-refractivity contribution in [1.29, 1.82) is 0 Å². The van der Waals surface area contributed by atoms with Crippen molar-refractivity contribution in [3.63, 3.8) is 0 Å². The van der Waals surface area contributed by atoms with Gasteiger partial charge in [-0.2, -0.15) is 0 Å². The molecule has 4 aromatic rings. The molecule has 0 aliphatic carbocycles. The second-order valence-electron chi connectivity index (χ2n) is 7.48. The van der Waals surface area contributed by atoms with Crippen molar-refractivity contribution >= 4 is 5.97 Å². The number of hydrogen-bond donors (Lipinski definition) is 0. The van der Waals surface area contributed by atoms with Gasteiger partial charge < -0.3 is 9.30 Å². The number of hydrogen-bond acceptors (Lipinski definition) is 3. The van der Waals surface area contributed by atoms with Crippen LogP contribution in [0.3, 0.4) is 0 Å². The number of ether oxygens (including phenoxy) is 1. The lowest BCUT2D eigenvalue weighted by atomic mass is 9.89. The van der Waals surface area contributed by atoms with Crippen molar-refractivity contribution in [1.82, 2.24) is 9.55 Å². The maximum absolute atomic E-state index is 15.2. The zero-order valence-corrected chi connectivity index (χ0v) is 17.8. The van der Waals surface area contributed by atoms with Gasteiger partial charge in [0.1, 0.15) is 17.5 Å². The highest BCUT2D eigenvalue weighted by atomic mass is 19.1. The first-order valence-electron chi connectivity index (χ1n) is 10.3. The van der Waals surface area contributed by atoms with Crippen LogP contribution in [0.2, 0.25) is 0 Å². The highest BCUT2D eigenvalue weighted by Crippen LogP contribution is 2.35. The molecule has 1 heterocycles. The fourth-order valence-corrected chi connectivity index (χ4v) is 3.77. The van der Waals surface area contributed by atoms with Crippen LogP contribution in [0.25, 0.3) is 22.5 Å². The number of carbonyl (C=O) groups is 1. The molecule has 0 spiro atoms. The van der Waals surface area contributed by atoms with Crippen LogP contribution in [0.1, 0.15) is 19.4 Å². The summed E-state index contributed by atoms with van der Waals surface area (Å²) in [4.78, 5) is 17.6.